The molecule has 0 radical (unpaired) electrons. The van der Waals surface area contributed by atoms with Crippen molar-refractivity contribution in [1.29, 1.82) is 0 Å². The second-order valence-electron chi connectivity index (χ2n) is 11.7. The predicted octanol–water partition coefficient (Wildman–Crippen LogP) is 7.00. The van der Waals surface area contributed by atoms with Gasteiger partial charge in [0, 0.05) is 36.3 Å². The molecule has 0 aliphatic carbocycles. The van der Waals surface area contributed by atoms with E-state index in [1.807, 2.05) is 18.2 Å². The van der Waals surface area contributed by atoms with E-state index in [9.17, 15) is 9.59 Å². The van der Waals surface area contributed by atoms with Crippen LogP contribution in [0.1, 0.15) is 64.8 Å². The van der Waals surface area contributed by atoms with E-state index in [2.05, 4.69) is 58.8 Å². The molecule has 8 nitrogen and oxygen atoms in total. The normalized spacial score (nSPS) is 14.2. The van der Waals surface area contributed by atoms with Crippen molar-refractivity contribution >= 4 is 34.5 Å². The third kappa shape index (κ3) is 7.80. The SMILES string of the molecule is COc1ccc(C(=O)Nc2cnccc2NC(=O)c2ccc(C(C)(C)C)cc2OC2CCN(Cc3cccs3)CC2)cc1. The Morgan fingerprint density at radius 1 is 0.977 bits per heavy atom. The van der Waals surface area contributed by atoms with E-state index >= 15 is 0 Å². The molecule has 2 aromatic heterocycles. The number of hydrogen-bond acceptors (Lipinski definition) is 7. The highest BCUT2D eigenvalue weighted by Gasteiger charge is 2.25. The summed E-state index contributed by atoms with van der Waals surface area (Å²) in [7, 11) is 1.57. The summed E-state index contributed by atoms with van der Waals surface area (Å²) in [6, 6.07) is 18.5. The molecule has 3 heterocycles. The van der Waals surface area contributed by atoms with Crippen molar-refractivity contribution in [2.45, 2.75) is 51.7 Å². The van der Waals surface area contributed by atoms with Crippen LogP contribution < -0.4 is 20.1 Å². The largest absolute Gasteiger partial charge is 0.497 e. The molecule has 2 N–H and O–H groups in total. The number of nitrogens with zero attached hydrogens (tertiary/aromatic N) is 2. The minimum absolute atomic E-state index is 0.0154. The molecular formula is C34H38N4O4S. The number of ether oxygens (including phenoxy) is 2. The Labute approximate surface area is 257 Å². The number of piperidine rings is 1. The highest BCUT2D eigenvalue weighted by Crippen LogP contribution is 2.32. The maximum Gasteiger partial charge on any atom is 0.259 e. The number of methoxy groups -OCH3 is 1. The summed E-state index contributed by atoms with van der Waals surface area (Å²) in [4.78, 5) is 34.6. The third-order valence-corrected chi connectivity index (χ3v) is 8.41. The minimum Gasteiger partial charge on any atom is -0.497 e. The fraction of sp³-hybridized carbons (Fsp3) is 0.324. The third-order valence-electron chi connectivity index (χ3n) is 7.55. The maximum absolute atomic E-state index is 13.7. The summed E-state index contributed by atoms with van der Waals surface area (Å²) < 4.78 is 11.7. The number of likely N-dealkylation sites (tertiary alicyclic amines) is 1. The van der Waals surface area contributed by atoms with Crippen LogP contribution in [0.4, 0.5) is 11.4 Å². The monoisotopic (exact) mass is 598 g/mol. The van der Waals surface area contributed by atoms with Crippen LogP contribution in [0.3, 0.4) is 0 Å². The zero-order valence-corrected chi connectivity index (χ0v) is 25.9. The fourth-order valence-electron chi connectivity index (χ4n) is 4.99. The van der Waals surface area contributed by atoms with Gasteiger partial charge < -0.3 is 20.1 Å². The van der Waals surface area contributed by atoms with Crippen molar-refractivity contribution in [3.05, 3.63) is 100 Å². The van der Waals surface area contributed by atoms with Crippen molar-refractivity contribution in [3.63, 3.8) is 0 Å². The van der Waals surface area contributed by atoms with Gasteiger partial charge in [0.25, 0.3) is 11.8 Å². The Hall–Kier alpha value is -4.21. The zero-order valence-electron chi connectivity index (χ0n) is 25.1. The molecule has 0 unspecified atom stereocenters. The number of benzene rings is 2. The lowest BCUT2D eigenvalue weighted by atomic mass is 9.86. The number of amides is 2. The number of anilines is 2. The Morgan fingerprint density at radius 3 is 2.40 bits per heavy atom. The average molecular weight is 599 g/mol. The van der Waals surface area contributed by atoms with Crippen molar-refractivity contribution in [3.8, 4) is 11.5 Å². The summed E-state index contributed by atoms with van der Waals surface area (Å²) in [5.74, 6) is 0.580. The van der Waals surface area contributed by atoms with Crippen LogP contribution >= 0.6 is 11.3 Å². The molecule has 4 aromatic rings. The summed E-state index contributed by atoms with van der Waals surface area (Å²) in [6.45, 7) is 9.27. The van der Waals surface area contributed by atoms with E-state index in [-0.39, 0.29) is 23.3 Å². The maximum atomic E-state index is 13.7. The topological polar surface area (TPSA) is 92.8 Å². The van der Waals surface area contributed by atoms with Gasteiger partial charge in [-0.3, -0.25) is 19.5 Å². The van der Waals surface area contributed by atoms with Gasteiger partial charge in [0.1, 0.15) is 17.6 Å². The molecule has 1 aliphatic rings. The lowest BCUT2D eigenvalue weighted by molar-refractivity contribution is 0.0926. The molecule has 0 saturated carbocycles. The number of pyridine rings is 1. The second-order valence-corrected chi connectivity index (χ2v) is 12.7. The summed E-state index contributed by atoms with van der Waals surface area (Å²) >= 11 is 1.78. The van der Waals surface area contributed by atoms with E-state index < -0.39 is 0 Å². The van der Waals surface area contributed by atoms with Gasteiger partial charge in [-0.25, -0.2) is 0 Å². The zero-order chi connectivity index (χ0) is 30.4. The molecule has 0 spiro atoms. The van der Waals surface area contributed by atoms with Gasteiger partial charge in [-0.1, -0.05) is 32.9 Å². The minimum atomic E-state index is -0.324. The molecule has 43 heavy (non-hydrogen) atoms. The molecule has 5 rings (SSSR count). The van der Waals surface area contributed by atoms with E-state index in [0.29, 0.717) is 34.0 Å². The lowest BCUT2D eigenvalue weighted by Crippen LogP contribution is -2.38. The Bertz CT molecular complexity index is 1540. The first-order valence-corrected chi connectivity index (χ1v) is 15.3. The van der Waals surface area contributed by atoms with Gasteiger partial charge >= 0.3 is 0 Å². The molecule has 1 saturated heterocycles. The Kier molecular flexibility index (Phi) is 9.43. The summed E-state index contributed by atoms with van der Waals surface area (Å²) in [6.07, 6.45) is 4.88. The highest BCUT2D eigenvalue weighted by atomic mass is 32.1. The molecule has 2 amide bonds. The van der Waals surface area contributed by atoms with E-state index in [1.165, 1.54) is 11.1 Å². The molecule has 2 aromatic carbocycles. The first-order valence-electron chi connectivity index (χ1n) is 14.5. The first kappa shape index (κ1) is 30.3. The second kappa shape index (κ2) is 13.4. The Morgan fingerprint density at radius 2 is 1.72 bits per heavy atom. The molecule has 224 valence electrons. The molecule has 0 bridgehead atoms. The van der Waals surface area contributed by atoms with Crippen molar-refractivity contribution in [2.24, 2.45) is 0 Å². The predicted molar refractivity (Wildman–Crippen MR) is 172 cm³/mol. The summed E-state index contributed by atoms with van der Waals surface area (Å²) in [5, 5.41) is 7.94. The molecule has 1 fully saturated rings. The Balaban J connectivity index is 1.31. The van der Waals surface area contributed by atoms with Gasteiger partial charge in [0.05, 0.1) is 30.2 Å². The number of aromatic nitrogens is 1. The lowest BCUT2D eigenvalue weighted by Gasteiger charge is -2.32. The molecule has 1 aliphatic heterocycles. The number of thiophene rings is 1. The van der Waals surface area contributed by atoms with Crippen LogP contribution in [0.25, 0.3) is 0 Å². The standard InChI is InChI=1S/C34H38N4O4S/c1-34(2,3)24-9-12-28(31(20-24)42-26-14-17-38(18-15-26)22-27-6-5-19-43-27)33(40)36-29-13-16-35-21-30(29)37-32(39)23-7-10-25(41-4)11-8-23/h5-13,16,19-21,26H,14-15,17-18,22H2,1-4H3,(H,37,39)(H,35,36,40). The van der Waals surface area contributed by atoms with Crippen molar-refractivity contribution < 1.29 is 19.1 Å². The van der Waals surface area contributed by atoms with E-state index in [4.69, 9.17) is 9.47 Å². The van der Waals surface area contributed by atoms with Crippen molar-refractivity contribution in [2.75, 3.05) is 30.8 Å². The van der Waals surface area contributed by atoms with Crippen LogP contribution in [0.2, 0.25) is 0 Å². The quantitative estimate of drug-likeness (QED) is 0.216. The van der Waals surface area contributed by atoms with Crippen LogP contribution in [0.5, 0.6) is 11.5 Å². The van der Waals surface area contributed by atoms with Gasteiger partial charge in [0.2, 0.25) is 0 Å². The fourth-order valence-corrected chi connectivity index (χ4v) is 5.74. The molecule has 0 atom stereocenters. The number of hydrogen-bond donors (Lipinski definition) is 2. The number of nitrogens with one attached hydrogen (secondary N) is 2. The number of carbonyl (C=O) groups is 2. The van der Waals surface area contributed by atoms with Crippen molar-refractivity contribution in [1.82, 2.24) is 9.88 Å². The number of rotatable bonds is 9. The van der Waals surface area contributed by atoms with Crippen LogP contribution in [0, 0.1) is 0 Å². The van der Waals surface area contributed by atoms with Gasteiger partial charge in [-0.15, -0.1) is 11.3 Å². The van der Waals surface area contributed by atoms with Crippen LogP contribution in [0.15, 0.2) is 78.4 Å². The number of carbonyl (C=O) groups excluding carboxylic acids is 2. The summed E-state index contributed by atoms with van der Waals surface area (Å²) in [5.41, 5.74) is 2.71. The van der Waals surface area contributed by atoms with E-state index in [0.717, 1.165) is 38.0 Å². The van der Waals surface area contributed by atoms with E-state index in [1.54, 1.807) is 55.0 Å². The van der Waals surface area contributed by atoms with Crippen LogP contribution in [-0.4, -0.2) is 48.0 Å². The van der Waals surface area contributed by atoms with Gasteiger partial charge in [-0.05, 0) is 77.7 Å². The van der Waals surface area contributed by atoms with Gasteiger partial charge in [0.15, 0.2) is 0 Å². The average Bonchev–Trinajstić information content (AvgIpc) is 3.52. The first-order chi connectivity index (χ1) is 20.7. The molecular weight excluding hydrogens is 560 g/mol. The van der Waals surface area contributed by atoms with Crippen LogP contribution in [-0.2, 0) is 12.0 Å². The smallest absolute Gasteiger partial charge is 0.259 e. The highest BCUT2D eigenvalue weighted by molar-refractivity contribution is 7.09. The molecule has 9 heteroatoms. The van der Waals surface area contributed by atoms with Gasteiger partial charge in [-0.2, -0.15) is 0 Å².